The number of hydrogen-bond acceptors (Lipinski definition) is 3. The van der Waals surface area contributed by atoms with Gasteiger partial charge in [-0.05, 0) is 34.2 Å². The fraction of sp³-hybridized carbons (Fsp3) is 0.833. The molecule has 0 aliphatic carbocycles. The lowest BCUT2D eigenvalue weighted by atomic mass is 10.1. The van der Waals surface area contributed by atoms with E-state index in [1.165, 1.54) is 0 Å². The van der Waals surface area contributed by atoms with E-state index >= 15 is 0 Å². The minimum atomic E-state index is -0.840. The number of nitrogens with one attached hydrogen (secondary N) is 1. The minimum absolute atomic E-state index is 0.0487. The lowest BCUT2D eigenvalue weighted by molar-refractivity contribution is -0.139. The van der Waals surface area contributed by atoms with Crippen LogP contribution >= 0.6 is 0 Å². The van der Waals surface area contributed by atoms with Crippen LogP contribution in [0.2, 0.25) is 0 Å². The number of likely N-dealkylation sites (N-methyl/N-ethyl adjacent to an activating group) is 1. The summed E-state index contributed by atoms with van der Waals surface area (Å²) in [6.45, 7) is 10.0. The zero-order chi connectivity index (χ0) is 13.6. The van der Waals surface area contributed by atoms with Crippen molar-refractivity contribution in [3.8, 4) is 0 Å². The summed E-state index contributed by atoms with van der Waals surface area (Å²) in [4.78, 5) is 24.4. The van der Waals surface area contributed by atoms with Gasteiger partial charge in [-0.2, -0.15) is 0 Å². The summed E-state index contributed by atoms with van der Waals surface area (Å²) in [7, 11) is 0. The molecule has 0 rings (SSSR count). The molecule has 17 heavy (non-hydrogen) atoms. The topological polar surface area (TPSA) is 69.6 Å². The van der Waals surface area contributed by atoms with Gasteiger partial charge in [0.25, 0.3) is 0 Å². The molecule has 5 nitrogen and oxygen atoms in total. The molecule has 0 aromatic heterocycles. The molecular formula is C12H24N2O3. The molecule has 0 aromatic rings. The molecule has 0 aliphatic rings. The highest BCUT2D eigenvalue weighted by Gasteiger charge is 2.25. The molecule has 2 atom stereocenters. The molecule has 0 aliphatic heterocycles. The fourth-order valence-electron chi connectivity index (χ4n) is 1.89. The Balaban J connectivity index is 4.53. The van der Waals surface area contributed by atoms with Crippen LogP contribution < -0.4 is 5.32 Å². The van der Waals surface area contributed by atoms with Crippen molar-refractivity contribution in [2.24, 2.45) is 0 Å². The summed E-state index contributed by atoms with van der Waals surface area (Å²) in [5, 5.41) is 11.6. The maximum Gasteiger partial charge on any atom is 0.304 e. The number of hydrogen-bond donors (Lipinski definition) is 2. The Morgan fingerprint density at radius 1 is 1.24 bits per heavy atom. The average Bonchev–Trinajstić information content (AvgIpc) is 2.16. The van der Waals surface area contributed by atoms with Gasteiger partial charge in [0, 0.05) is 12.1 Å². The van der Waals surface area contributed by atoms with E-state index in [2.05, 4.69) is 5.32 Å². The molecule has 0 saturated heterocycles. The lowest BCUT2D eigenvalue weighted by Gasteiger charge is -2.32. The number of carbonyl (C=O) groups is 2. The van der Waals surface area contributed by atoms with Crippen LogP contribution in [-0.4, -0.2) is 46.6 Å². The van der Waals surface area contributed by atoms with Gasteiger partial charge in [-0.15, -0.1) is 0 Å². The summed E-state index contributed by atoms with van der Waals surface area (Å²) in [5.74, 6) is -0.897. The summed E-state index contributed by atoms with van der Waals surface area (Å²) < 4.78 is 0. The number of rotatable bonds is 7. The van der Waals surface area contributed by atoms with E-state index < -0.39 is 5.97 Å². The Morgan fingerprint density at radius 2 is 1.76 bits per heavy atom. The van der Waals surface area contributed by atoms with Crippen molar-refractivity contribution < 1.29 is 14.7 Å². The number of amides is 1. The van der Waals surface area contributed by atoms with E-state index in [1.54, 1.807) is 6.92 Å². The Hall–Kier alpha value is -1.10. The maximum absolute atomic E-state index is 11.8. The molecule has 0 heterocycles. The molecule has 0 aromatic carbocycles. The first-order valence-electron chi connectivity index (χ1n) is 6.07. The summed E-state index contributed by atoms with van der Waals surface area (Å²) in [6, 6.07) is -0.361. The standard InChI is InChI=1S/C12H24N2O3/c1-6-14(9(4)7-11(15)16)10(5)12(17)13-8(2)3/h8-10H,6-7H2,1-5H3,(H,13,17)(H,15,16). The number of carboxylic acid groups (broad SMARTS) is 1. The predicted molar refractivity (Wildman–Crippen MR) is 66.8 cm³/mol. The summed E-state index contributed by atoms with van der Waals surface area (Å²) >= 11 is 0. The molecule has 0 bridgehead atoms. The highest BCUT2D eigenvalue weighted by atomic mass is 16.4. The fourth-order valence-corrected chi connectivity index (χ4v) is 1.89. The van der Waals surface area contributed by atoms with Gasteiger partial charge in [0.1, 0.15) is 0 Å². The quantitative estimate of drug-likeness (QED) is 0.703. The Labute approximate surface area is 103 Å². The molecule has 0 fully saturated rings. The van der Waals surface area contributed by atoms with Crippen LogP contribution in [-0.2, 0) is 9.59 Å². The van der Waals surface area contributed by atoms with E-state index in [0.29, 0.717) is 6.54 Å². The molecule has 100 valence electrons. The lowest BCUT2D eigenvalue weighted by Crippen LogP contribution is -2.50. The van der Waals surface area contributed by atoms with Crippen molar-refractivity contribution >= 4 is 11.9 Å². The first kappa shape index (κ1) is 15.9. The van der Waals surface area contributed by atoms with Crippen LogP contribution in [0.5, 0.6) is 0 Å². The van der Waals surface area contributed by atoms with Crippen molar-refractivity contribution in [3.05, 3.63) is 0 Å². The van der Waals surface area contributed by atoms with E-state index in [4.69, 9.17) is 5.11 Å². The molecule has 2 unspecified atom stereocenters. The van der Waals surface area contributed by atoms with E-state index in [1.807, 2.05) is 32.6 Å². The van der Waals surface area contributed by atoms with Gasteiger partial charge in [-0.3, -0.25) is 14.5 Å². The van der Waals surface area contributed by atoms with E-state index in [-0.39, 0.29) is 30.5 Å². The number of aliphatic carboxylic acids is 1. The second-order valence-electron chi connectivity index (χ2n) is 4.62. The van der Waals surface area contributed by atoms with Gasteiger partial charge >= 0.3 is 5.97 Å². The number of nitrogens with zero attached hydrogens (tertiary/aromatic N) is 1. The van der Waals surface area contributed by atoms with Crippen LogP contribution in [0.15, 0.2) is 0 Å². The molecule has 0 radical (unpaired) electrons. The van der Waals surface area contributed by atoms with E-state index in [0.717, 1.165) is 0 Å². The van der Waals surface area contributed by atoms with Crippen molar-refractivity contribution in [2.75, 3.05) is 6.54 Å². The van der Waals surface area contributed by atoms with Crippen LogP contribution in [0.3, 0.4) is 0 Å². The minimum Gasteiger partial charge on any atom is -0.481 e. The van der Waals surface area contributed by atoms with Gasteiger partial charge < -0.3 is 10.4 Å². The third-order valence-electron chi connectivity index (χ3n) is 2.71. The number of carboxylic acids is 1. The first-order valence-corrected chi connectivity index (χ1v) is 6.07. The zero-order valence-electron chi connectivity index (χ0n) is 11.4. The van der Waals surface area contributed by atoms with Crippen molar-refractivity contribution in [1.29, 1.82) is 0 Å². The number of carbonyl (C=O) groups excluding carboxylic acids is 1. The van der Waals surface area contributed by atoms with Gasteiger partial charge in [-0.25, -0.2) is 0 Å². The third-order valence-corrected chi connectivity index (χ3v) is 2.71. The Morgan fingerprint density at radius 3 is 2.12 bits per heavy atom. The smallest absolute Gasteiger partial charge is 0.304 e. The molecule has 2 N–H and O–H groups in total. The second kappa shape index (κ2) is 7.27. The van der Waals surface area contributed by atoms with Crippen molar-refractivity contribution in [2.45, 2.75) is 59.2 Å². The summed E-state index contributed by atoms with van der Waals surface area (Å²) in [6.07, 6.45) is 0.0487. The highest BCUT2D eigenvalue weighted by Crippen LogP contribution is 2.09. The van der Waals surface area contributed by atoms with Crippen LogP contribution in [0.4, 0.5) is 0 Å². The highest BCUT2D eigenvalue weighted by molar-refractivity contribution is 5.81. The van der Waals surface area contributed by atoms with Crippen LogP contribution in [0, 0.1) is 0 Å². The monoisotopic (exact) mass is 244 g/mol. The maximum atomic E-state index is 11.8. The van der Waals surface area contributed by atoms with Gasteiger partial charge in [0.05, 0.1) is 12.5 Å². The van der Waals surface area contributed by atoms with Crippen molar-refractivity contribution in [1.82, 2.24) is 10.2 Å². The average molecular weight is 244 g/mol. The molecule has 0 spiro atoms. The van der Waals surface area contributed by atoms with Gasteiger partial charge in [-0.1, -0.05) is 6.92 Å². The summed E-state index contributed by atoms with van der Waals surface area (Å²) in [5.41, 5.74) is 0. The third kappa shape index (κ3) is 5.68. The Bertz CT molecular complexity index is 266. The molecule has 0 saturated carbocycles. The SMILES string of the molecule is CCN(C(C)CC(=O)O)C(C)C(=O)NC(C)C. The predicted octanol–water partition coefficient (Wildman–Crippen LogP) is 1.08. The van der Waals surface area contributed by atoms with Crippen LogP contribution in [0.1, 0.15) is 41.0 Å². The Kier molecular flexibility index (Phi) is 6.80. The second-order valence-corrected chi connectivity index (χ2v) is 4.62. The van der Waals surface area contributed by atoms with Crippen LogP contribution in [0.25, 0.3) is 0 Å². The van der Waals surface area contributed by atoms with E-state index in [9.17, 15) is 9.59 Å². The van der Waals surface area contributed by atoms with Crippen molar-refractivity contribution in [3.63, 3.8) is 0 Å². The van der Waals surface area contributed by atoms with Gasteiger partial charge in [0.2, 0.25) is 5.91 Å². The molecule has 1 amide bonds. The van der Waals surface area contributed by atoms with Gasteiger partial charge in [0.15, 0.2) is 0 Å². The largest absolute Gasteiger partial charge is 0.481 e. The molecule has 5 heteroatoms. The normalized spacial score (nSPS) is 14.8. The zero-order valence-corrected chi connectivity index (χ0v) is 11.4. The first-order chi connectivity index (χ1) is 7.79. The molecular weight excluding hydrogens is 220 g/mol.